The van der Waals surface area contributed by atoms with Crippen LogP contribution in [-0.4, -0.2) is 38.5 Å². The van der Waals surface area contributed by atoms with Crippen LogP contribution in [0.2, 0.25) is 10.0 Å². The van der Waals surface area contributed by atoms with Crippen LogP contribution in [0, 0.1) is 0 Å². The summed E-state index contributed by atoms with van der Waals surface area (Å²) in [4.78, 5) is 23.1. The van der Waals surface area contributed by atoms with Gasteiger partial charge in [0.25, 0.3) is 0 Å². The number of carboxylic acid groups (broad SMARTS) is 1. The molecule has 1 aromatic carbocycles. The summed E-state index contributed by atoms with van der Waals surface area (Å²) in [6.45, 7) is -0.284. The maximum atomic E-state index is 12.5. The second kappa shape index (κ2) is 6.02. The standard InChI is InChI=1S/C14H9Cl2N3O4/c15-8-2-10-13(22)7(6-23-14(10)11(16)3-8)1-9-4-19(18-17-9)5-12(20)21/h1-4H,5-6H2,(H,20,21). The quantitative estimate of drug-likeness (QED) is 0.851. The van der Waals surface area contributed by atoms with Gasteiger partial charge in [0.2, 0.25) is 0 Å². The van der Waals surface area contributed by atoms with E-state index in [0.717, 1.165) is 4.68 Å². The lowest BCUT2D eigenvalue weighted by Gasteiger charge is -2.19. The Morgan fingerprint density at radius 2 is 2.22 bits per heavy atom. The molecule has 2 heterocycles. The van der Waals surface area contributed by atoms with Gasteiger partial charge < -0.3 is 9.84 Å². The van der Waals surface area contributed by atoms with Gasteiger partial charge in [-0.05, 0) is 18.2 Å². The van der Waals surface area contributed by atoms with Crippen LogP contribution in [0.3, 0.4) is 0 Å². The molecule has 1 aromatic heterocycles. The lowest BCUT2D eigenvalue weighted by atomic mass is 9.99. The van der Waals surface area contributed by atoms with E-state index < -0.39 is 5.97 Å². The Morgan fingerprint density at radius 1 is 1.43 bits per heavy atom. The van der Waals surface area contributed by atoms with Gasteiger partial charge in [-0.1, -0.05) is 28.4 Å². The van der Waals surface area contributed by atoms with Crippen LogP contribution in [0.1, 0.15) is 16.1 Å². The Labute approximate surface area is 140 Å². The number of nitrogens with zero attached hydrogens (tertiary/aromatic N) is 3. The predicted octanol–water partition coefficient (Wildman–Crippen LogP) is 2.33. The van der Waals surface area contributed by atoms with Crippen LogP contribution < -0.4 is 4.74 Å². The minimum Gasteiger partial charge on any atom is -0.486 e. The molecule has 23 heavy (non-hydrogen) atoms. The predicted molar refractivity (Wildman–Crippen MR) is 81.9 cm³/mol. The molecule has 0 spiro atoms. The fourth-order valence-corrected chi connectivity index (χ4v) is 2.69. The van der Waals surface area contributed by atoms with E-state index in [1.807, 2.05) is 0 Å². The highest BCUT2D eigenvalue weighted by Gasteiger charge is 2.26. The van der Waals surface area contributed by atoms with E-state index in [1.54, 1.807) is 0 Å². The molecule has 3 rings (SSSR count). The van der Waals surface area contributed by atoms with Crippen molar-refractivity contribution in [3.63, 3.8) is 0 Å². The van der Waals surface area contributed by atoms with E-state index >= 15 is 0 Å². The van der Waals surface area contributed by atoms with E-state index in [2.05, 4.69) is 10.3 Å². The van der Waals surface area contributed by atoms with Crippen molar-refractivity contribution in [2.45, 2.75) is 6.54 Å². The van der Waals surface area contributed by atoms with E-state index in [9.17, 15) is 9.59 Å². The van der Waals surface area contributed by atoms with Crippen LogP contribution in [0.5, 0.6) is 5.75 Å². The second-order valence-corrected chi connectivity index (χ2v) is 5.63. The highest BCUT2D eigenvalue weighted by molar-refractivity contribution is 6.37. The van der Waals surface area contributed by atoms with Gasteiger partial charge in [0.05, 0.1) is 16.8 Å². The molecule has 0 fully saturated rings. The summed E-state index contributed by atoms with van der Waals surface area (Å²) in [5.74, 6) is -1.01. The van der Waals surface area contributed by atoms with Crippen molar-refractivity contribution in [2.24, 2.45) is 0 Å². The first-order valence-corrected chi connectivity index (χ1v) is 7.18. The van der Waals surface area contributed by atoms with Crippen molar-refractivity contribution in [1.82, 2.24) is 15.0 Å². The van der Waals surface area contributed by atoms with Crippen LogP contribution in [0.15, 0.2) is 23.9 Å². The molecule has 7 nitrogen and oxygen atoms in total. The zero-order chi connectivity index (χ0) is 16.6. The number of hydrogen-bond donors (Lipinski definition) is 1. The molecule has 0 saturated heterocycles. The summed E-state index contributed by atoms with van der Waals surface area (Å²) < 4.78 is 6.66. The van der Waals surface area contributed by atoms with Crippen LogP contribution in [0.4, 0.5) is 0 Å². The molecule has 0 bridgehead atoms. The minimum absolute atomic E-state index is 0.0268. The smallest absolute Gasteiger partial charge is 0.325 e. The maximum Gasteiger partial charge on any atom is 0.325 e. The van der Waals surface area contributed by atoms with Gasteiger partial charge in [-0.15, -0.1) is 5.10 Å². The first-order valence-electron chi connectivity index (χ1n) is 6.43. The van der Waals surface area contributed by atoms with Gasteiger partial charge in [-0.2, -0.15) is 0 Å². The number of ether oxygens (including phenoxy) is 1. The zero-order valence-corrected chi connectivity index (χ0v) is 13.0. The molecule has 0 atom stereocenters. The number of rotatable bonds is 3. The third-order valence-corrected chi connectivity index (χ3v) is 3.59. The largest absolute Gasteiger partial charge is 0.486 e. The summed E-state index contributed by atoms with van der Waals surface area (Å²) in [6, 6.07) is 2.99. The van der Waals surface area contributed by atoms with Crippen LogP contribution in [-0.2, 0) is 11.3 Å². The highest BCUT2D eigenvalue weighted by Crippen LogP contribution is 2.37. The Balaban J connectivity index is 1.91. The number of carbonyl (C=O) groups excluding carboxylic acids is 1. The van der Waals surface area contributed by atoms with E-state index in [4.69, 9.17) is 33.0 Å². The summed E-state index contributed by atoms with van der Waals surface area (Å²) in [6.07, 6.45) is 2.92. The number of Topliss-reactive ketones (excluding diaryl/α,β-unsaturated/α-hetero) is 1. The topological polar surface area (TPSA) is 94.3 Å². The number of carboxylic acids is 1. The molecule has 118 valence electrons. The lowest BCUT2D eigenvalue weighted by Crippen LogP contribution is -2.19. The number of aliphatic carboxylic acids is 1. The Kier molecular flexibility index (Phi) is 4.06. The molecule has 1 aliphatic rings. The highest BCUT2D eigenvalue weighted by atomic mass is 35.5. The van der Waals surface area contributed by atoms with Gasteiger partial charge >= 0.3 is 5.97 Å². The number of halogens is 2. The van der Waals surface area contributed by atoms with Gasteiger partial charge in [-0.25, -0.2) is 4.68 Å². The molecule has 9 heteroatoms. The van der Waals surface area contributed by atoms with Gasteiger partial charge in [0, 0.05) is 10.6 Å². The molecule has 0 saturated carbocycles. The molecule has 0 aliphatic carbocycles. The average molecular weight is 354 g/mol. The molecule has 0 unspecified atom stereocenters. The summed E-state index contributed by atoms with van der Waals surface area (Å²) in [5, 5.41) is 16.8. The number of carbonyl (C=O) groups is 2. The van der Waals surface area contributed by atoms with Crippen LogP contribution in [0.25, 0.3) is 6.08 Å². The lowest BCUT2D eigenvalue weighted by molar-refractivity contribution is -0.137. The third-order valence-electron chi connectivity index (χ3n) is 3.09. The van der Waals surface area contributed by atoms with E-state index in [1.165, 1.54) is 24.4 Å². The van der Waals surface area contributed by atoms with Gasteiger partial charge in [-0.3, -0.25) is 9.59 Å². The van der Waals surface area contributed by atoms with Crippen molar-refractivity contribution >= 4 is 41.0 Å². The molecular formula is C14H9Cl2N3O4. The Hall–Kier alpha value is -2.38. The fourth-order valence-electron chi connectivity index (χ4n) is 2.15. The molecular weight excluding hydrogens is 345 g/mol. The maximum absolute atomic E-state index is 12.5. The third kappa shape index (κ3) is 3.20. The number of benzene rings is 1. The van der Waals surface area contributed by atoms with Crippen molar-refractivity contribution < 1.29 is 19.4 Å². The molecule has 2 aromatic rings. The first kappa shape index (κ1) is 15.5. The zero-order valence-electron chi connectivity index (χ0n) is 11.5. The number of fused-ring (bicyclic) bond motifs is 1. The SMILES string of the molecule is O=C(O)Cn1cc(C=C2COc3c(Cl)cc(Cl)cc3C2=O)nn1. The first-order chi connectivity index (χ1) is 10.9. The second-order valence-electron chi connectivity index (χ2n) is 4.79. The molecule has 0 amide bonds. The number of hydrogen-bond acceptors (Lipinski definition) is 5. The summed E-state index contributed by atoms with van der Waals surface area (Å²) >= 11 is 11.9. The molecule has 1 N–H and O–H groups in total. The number of ketones is 1. The Bertz CT molecular complexity index is 845. The summed E-state index contributed by atoms with van der Waals surface area (Å²) in [5.41, 5.74) is 0.978. The summed E-state index contributed by atoms with van der Waals surface area (Å²) in [7, 11) is 0. The molecule has 1 aliphatic heterocycles. The van der Waals surface area contributed by atoms with Crippen molar-refractivity contribution in [3.8, 4) is 5.75 Å². The Morgan fingerprint density at radius 3 is 2.96 bits per heavy atom. The average Bonchev–Trinajstić information content (AvgIpc) is 2.89. The van der Waals surface area contributed by atoms with E-state index in [0.29, 0.717) is 22.0 Å². The van der Waals surface area contributed by atoms with Crippen LogP contribution >= 0.6 is 23.2 Å². The van der Waals surface area contributed by atoms with Gasteiger partial charge in [0.1, 0.15) is 24.6 Å². The minimum atomic E-state index is -1.04. The monoisotopic (exact) mass is 353 g/mol. The normalized spacial score (nSPS) is 15.4. The van der Waals surface area contributed by atoms with E-state index in [-0.39, 0.29) is 29.5 Å². The molecule has 0 radical (unpaired) electrons. The van der Waals surface area contributed by atoms with Gasteiger partial charge in [0.15, 0.2) is 5.78 Å². The number of aromatic nitrogens is 3. The fraction of sp³-hybridized carbons (Fsp3) is 0.143. The van der Waals surface area contributed by atoms with Crippen molar-refractivity contribution in [1.29, 1.82) is 0 Å². The van der Waals surface area contributed by atoms with Crippen molar-refractivity contribution in [2.75, 3.05) is 6.61 Å². The van der Waals surface area contributed by atoms with Crippen molar-refractivity contribution in [3.05, 3.63) is 45.2 Å².